The van der Waals surface area contributed by atoms with E-state index in [9.17, 15) is 9.59 Å². The standard InChI is InChI=1S/C34H45ClN2O2/c1-6-20-36-32(39)25-13-10-24(11-14-25)12-15-26-22-30(38)31(27-8-7-9-29(35)21-27)37-34(23(26)2)18-16-28(17-19-34)33(3,4)5/h7-11,13-14,21,23,26,28H,6,12,15-20,22H2,1-5H3,(H,36,39). The number of hydrogen-bond acceptors (Lipinski definition) is 3. The van der Waals surface area contributed by atoms with Crippen molar-refractivity contribution in [1.29, 1.82) is 0 Å². The lowest BCUT2D eigenvalue weighted by atomic mass is 9.62. The molecule has 0 aromatic heterocycles. The molecule has 0 radical (unpaired) electrons. The van der Waals surface area contributed by atoms with Crippen LogP contribution in [-0.2, 0) is 11.2 Å². The van der Waals surface area contributed by atoms with Crippen molar-refractivity contribution in [3.8, 4) is 0 Å². The zero-order chi connectivity index (χ0) is 28.2. The van der Waals surface area contributed by atoms with Crippen molar-refractivity contribution < 1.29 is 9.59 Å². The Morgan fingerprint density at radius 1 is 1.10 bits per heavy atom. The molecule has 2 aromatic carbocycles. The highest BCUT2D eigenvalue weighted by molar-refractivity contribution is 6.46. The highest BCUT2D eigenvalue weighted by Gasteiger charge is 2.47. The quantitative estimate of drug-likeness (QED) is 0.380. The Labute approximate surface area is 240 Å². The van der Waals surface area contributed by atoms with Crippen LogP contribution in [0.1, 0.15) is 101 Å². The van der Waals surface area contributed by atoms with Crippen LogP contribution in [0.25, 0.3) is 0 Å². The lowest BCUT2D eigenvalue weighted by Crippen LogP contribution is -2.43. The Morgan fingerprint density at radius 2 is 1.79 bits per heavy atom. The molecule has 2 aromatic rings. The van der Waals surface area contributed by atoms with Gasteiger partial charge in [0.2, 0.25) is 0 Å². The van der Waals surface area contributed by atoms with E-state index in [2.05, 4.69) is 45.1 Å². The van der Waals surface area contributed by atoms with Crippen molar-refractivity contribution in [2.45, 2.75) is 91.5 Å². The number of carbonyl (C=O) groups excluding carboxylic acids is 2. The SMILES string of the molecule is CCCNC(=O)c1ccc(CCC2CC(=O)C(c3cccc(Cl)c3)=NC3(CCC(C(C)(C)C)CC3)C2C)cc1. The van der Waals surface area contributed by atoms with E-state index < -0.39 is 0 Å². The van der Waals surface area contributed by atoms with Gasteiger partial charge in [-0.3, -0.25) is 14.6 Å². The molecule has 2 aliphatic rings. The summed E-state index contributed by atoms with van der Waals surface area (Å²) in [6, 6.07) is 15.6. The first kappa shape index (κ1) is 29.5. The average Bonchev–Trinajstić information content (AvgIpc) is 3.01. The normalized spacial score (nSPS) is 25.7. The Balaban J connectivity index is 1.56. The lowest BCUT2D eigenvalue weighted by molar-refractivity contribution is -0.114. The van der Waals surface area contributed by atoms with E-state index in [1.165, 1.54) is 5.56 Å². The number of amides is 1. The van der Waals surface area contributed by atoms with Crippen molar-refractivity contribution in [1.82, 2.24) is 5.32 Å². The van der Waals surface area contributed by atoms with Gasteiger partial charge < -0.3 is 5.32 Å². The van der Waals surface area contributed by atoms with Crippen molar-refractivity contribution in [2.75, 3.05) is 6.54 Å². The van der Waals surface area contributed by atoms with Crippen LogP contribution < -0.4 is 5.32 Å². The topological polar surface area (TPSA) is 58.5 Å². The van der Waals surface area contributed by atoms with Gasteiger partial charge in [-0.1, -0.05) is 70.5 Å². The number of Topliss-reactive ketones (excluding diaryl/α,β-unsaturated/α-hetero) is 1. The third-order valence-corrected chi connectivity index (χ3v) is 9.57. The molecular weight excluding hydrogens is 504 g/mol. The largest absolute Gasteiger partial charge is 0.352 e. The van der Waals surface area contributed by atoms with Crippen LogP contribution in [-0.4, -0.2) is 29.5 Å². The van der Waals surface area contributed by atoms with Gasteiger partial charge in [0.15, 0.2) is 5.78 Å². The smallest absolute Gasteiger partial charge is 0.251 e. The van der Waals surface area contributed by atoms with Crippen LogP contribution in [0.4, 0.5) is 0 Å². The molecule has 210 valence electrons. The second-order valence-electron chi connectivity index (χ2n) is 12.9. The maximum absolute atomic E-state index is 13.7. The number of carbonyl (C=O) groups is 2. The van der Waals surface area contributed by atoms with Crippen molar-refractivity contribution >= 4 is 29.0 Å². The first-order chi connectivity index (χ1) is 18.5. The molecule has 5 heteroatoms. The Kier molecular flexibility index (Phi) is 9.37. The number of aryl methyl sites for hydroxylation is 1. The minimum Gasteiger partial charge on any atom is -0.352 e. The molecule has 39 heavy (non-hydrogen) atoms. The van der Waals surface area contributed by atoms with Gasteiger partial charge in [0.1, 0.15) is 5.71 Å². The maximum Gasteiger partial charge on any atom is 0.251 e. The molecule has 1 saturated carbocycles. The van der Waals surface area contributed by atoms with E-state index in [0.29, 0.717) is 41.1 Å². The van der Waals surface area contributed by atoms with Gasteiger partial charge in [0.05, 0.1) is 5.54 Å². The maximum atomic E-state index is 13.7. The number of benzene rings is 2. The third kappa shape index (κ3) is 7.01. The molecule has 2 unspecified atom stereocenters. The highest BCUT2D eigenvalue weighted by atomic mass is 35.5. The van der Waals surface area contributed by atoms with E-state index >= 15 is 0 Å². The molecule has 1 amide bonds. The molecule has 1 aliphatic heterocycles. The van der Waals surface area contributed by atoms with Crippen LogP contribution in [0.5, 0.6) is 0 Å². The highest BCUT2D eigenvalue weighted by Crippen LogP contribution is 2.50. The summed E-state index contributed by atoms with van der Waals surface area (Å²) in [6.07, 6.45) is 7.56. The Hall–Kier alpha value is -2.46. The molecular formula is C34H45ClN2O2. The lowest BCUT2D eigenvalue weighted by Gasteiger charge is -2.46. The molecule has 1 fully saturated rings. The predicted octanol–water partition coefficient (Wildman–Crippen LogP) is 8.10. The summed E-state index contributed by atoms with van der Waals surface area (Å²) < 4.78 is 0. The summed E-state index contributed by atoms with van der Waals surface area (Å²) in [4.78, 5) is 31.4. The molecule has 2 atom stereocenters. The fraction of sp³-hybridized carbons (Fsp3) is 0.559. The number of aliphatic imine (C=N–C) groups is 1. The molecule has 0 saturated heterocycles. The van der Waals surface area contributed by atoms with E-state index in [1.807, 2.05) is 43.3 Å². The van der Waals surface area contributed by atoms with E-state index in [-0.39, 0.29) is 28.6 Å². The van der Waals surface area contributed by atoms with Crippen LogP contribution >= 0.6 is 11.6 Å². The first-order valence-electron chi connectivity index (χ1n) is 14.8. The number of halogens is 1. The second-order valence-corrected chi connectivity index (χ2v) is 13.3. The predicted molar refractivity (Wildman–Crippen MR) is 162 cm³/mol. The van der Waals surface area contributed by atoms with Crippen LogP contribution in [0.3, 0.4) is 0 Å². The molecule has 0 bridgehead atoms. The van der Waals surface area contributed by atoms with Gasteiger partial charge in [-0.2, -0.15) is 0 Å². The van der Waals surface area contributed by atoms with E-state index in [0.717, 1.165) is 50.5 Å². The number of ketones is 1. The van der Waals surface area contributed by atoms with Gasteiger partial charge in [-0.15, -0.1) is 0 Å². The van der Waals surface area contributed by atoms with Gasteiger partial charge >= 0.3 is 0 Å². The minimum atomic E-state index is -0.225. The fourth-order valence-electron chi connectivity index (χ4n) is 6.62. The Morgan fingerprint density at radius 3 is 2.41 bits per heavy atom. The first-order valence-corrected chi connectivity index (χ1v) is 15.2. The molecule has 1 spiro atoms. The zero-order valence-electron chi connectivity index (χ0n) is 24.4. The van der Waals surface area contributed by atoms with Crippen molar-refractivity contribution in [2.24, 2.45) is 28.2 Å². The molecule has 4 nitrogen and oxygen atoms in total. The number of nitrogens with zero attached hydrogens (tertiary/aromatic N) is 1. The molecule has 1 heterocycles. The van der Waals surface area contributed by atoms with Crippen LogP contribution in [0.2, 0.25) is 5.02 Å². The second kappa shape index (κ2) is 12.4. The Bertz CT molecular complexity index is 1190. The van der Waals surface area contributed by atoms with E-state index in [4.69, 9.17) is 16.6 Å². The third-order valence-electron chi connectivity index (χ3n) is 9.33. The average molecular weight is 549 g/mol. The number of nitrogens with one attached hydrogen (secondary N) is 1. The monoisotopic (exact) mass is 548 g/mol. The number of hydrogen-bond donors (Lipinski definition) is 1. The van der Waals surface area contributed by atoms with Gasteiger partial charge in [0, 0.05) is 29.1 Å². The van der Waals surface area contributed by atoms with Crippen LogP contribution in [0.15, 0.2) is 53.5 Å². The fourth-order valence-corrected chi connectivity index (χ4v) is 6.81. The summed E-state index contributed by atoms with van der Waals surface area (Å²) in [5.41, 5.74) is 3.41. The zero-order valence-corrected chi connectivity index (χ0v) is 25.1. The van der Waals surface area contributed by atoms with E-state index in [1.54, 1.807) is 0 Å². The van der Waals surface area contributed by atoms with Gasteiger partial charge in [-0.05, 0) is 97.9 Å². The number of rotatable bonds is 7. The molecule has 4 rings (SSSR count). The van der Waals surface area contributed by atoms with Gasteiger partial charge in [0.25, 0.3) is 5.91 Å². The summed E-state index contributed by atoms with van der Waals surface area (Å²) in [5.74, 6) is 1.33. The van der Waals surface area contributed by atoms with Crippen molar-refractivity contribution in [3.63, 3.8) is 0 Å². The minimum absolute atomic E-state index is 0.0233. The molecule has 1 aliphatic carbocycles. The molecule has 1 N–H and O–H groups in total. The summed E-state index contributed by atoms with van der Waals surface area (Å²) in [7, 11) is 0. The summed E-state index contributed by atoms with van der Waals surface area (Å²) >= 11 is 6.34. The van der Waals surface area contributed by atoms with Crippen molar-refractivity contribution in [3.05, 3.63) is 70.2 Å². The summed E-state index contributed by atoms with van der Waals surface area (Å²) in [6.45, 7) is 12.1. The van der Waals surface area contributed by atoms with Crippen LogP contribution in [0, 0.1) is 23.2 Å². The van der Waals surface area contributed by atoms with Gasteiger partial charge in [-0.25, -0.2) is 0 Å². The summed E-state index contributed by atoms with van der Waals surface area (Å²) in [5, 5.41) is 3.57.